The van der Waals surface area contributed by atoms with Crippen LogP contribution in [0, 0.1) is 0 Å². The number of hydrogen-bond acceptors (Lipinski definition) is 3. The number of aryl methyl sites for hydroxylation is 2. The van der Waals surface area contributed by atoms with Crippen molar-refractivity contribution in [2.24, 2.45) is 0 Å². The molecule has 5 nitrogen and oxygen atoms in total. The zero-order valence-electron chi connectivity index (χ0n) is 12.9. The second-order valence-corrected chi connectivity index (χ2v) is 5.02. The first-order valence-corrected chi connectivity index (χ1v) is 7.52. The lowest BCUT2D eigenvalue weighted by Gasteiger charge is -2.16. The number of carbonyl (C=O) groups excluding carboxylic acids is 1. The third kappa shape index (κ3) is 3.89. The second kappa shape index (κ2) is 7.66. The Kier molecular flexibility index (Phi) is 5.61. The van der Waals surface area contributed by atoms with Crippen molar-refractivity contribution in [1.82, 2.24) is 5.32 Å². The van der Waals surface area contributed by atoms with Gasteiger partial charge in [-0.2, -0.15) is 0 Å². The van der Waals surface area contributed by atoms with Crippen molar-refractivity contribution in [3.63, 3.8) is 0 Å². The van der Waals surface area contributed by atoms with Crippen LogP contribution in [0.1, 0.15) is 36.8 Å². The van der Waals surface area contributed by atoms with E-state index >= 15 is 0 Å². The molecule has 0 saturated carbocycles. The smallest absolute Gasteiger partial charge is 0.319 e. The molecule has 3 N–H and O–H groups in total. The lowest BCUT2D eigenvalue weighted by atomic mass is 10.0. The quantitative estimate of drug-likeness (QED) is 0.766. The Hall–Kier alpha value is -2.27. The van der Waals surface area contributed by atoms with Gasteiger partial charge in [0.15, 0.2) is 0 Å². The number of anilines is 1. The first-order valence-electron chi connectivity index (χ1n) is 7.52. The van der Waals surface area contributed by atoms with E-state index in [4.69, 9.17) is 4.42 Å². The Morgan fingerprint density at radius 3 is 2.41 bits per heavy atom. The number of benzene rings is 1. The van der Waals surface area contributed by atoms with Crippen LogP contribution in [0.5, 0.6) is 0 Å². The van der Waals surface area contributed by atoms with Crippen molar-refractivity contribution in [2.45, 2.75) is 32.8 Å². The summed E-state index contributed by atoms with van der Waals surface area (Å²) < 4.78 is 5.10. The van der Waals surface area contributed by atoms with Gasteiger partial charge in [0.1, 0.15) is 11.9 Å². The highest BCUT2D eigenvalue weighted by Crippen LogP contribution is 2.22. The van der Waals surface area contributed by atoms with E-state index in [0.717, 1.165) is 29.7 Å². The van der Waals surface area contributed by atoms with Gasteiger partial charge in [-0.15, -0.1) is 0 Å². The molecule has 1 unspecified atom stereocenters. The summed E-state index contributed by atoms with van der Waals surface area (Å²) in [6, 6.07) is 9.05. The summed E-state index contributed by atoms with van der Waals surface area (Å²) in [5.74, 6) is 0.434. The number of aliphatic hydroxyl groups excluding tert-OH is 1. The Bertz CT molecular complexity index is 586. The first-order chi connectivity index (χ1) is 10.7. The maximum atomic E-state index is 12.1. The average molecular weight is 302 g/mol. The standard InChI is InChI=1S/C17H22N2O3/c1-3-12-7-5-8-13(4-2)16(12)19-17(21)18-11-14(20)15-9-6-10-22-15/h5-10,14,20H,3-4,11H2,1-2H3,(H2,18,19,21). The van der Waals surface area contributed by atoms with Crippen LogP contribution in [-0.4, -0.2) is 17.7 Å². The Balaban J connectivity index is 1.97. The minimum atomic E-state index is -0.854. The van der Waals surface area contributed by atoms with Gasteiger partial charge in [-0.05, 0) is 36.1 Å². The molecule has 0 saturated heterocycles. The summed E-state index contributed by atoms with van der Waals surface area (Å²) in [5, 5.41) is 15.4. The number of urea groups is 1. The summed E-state index contributed by atoms with van der Waals surface area (Å²) in [6.07, 6.45) is 2.33. The molecule has 0 bridgehead atoms. The number of furan rings is 1. The van der Waals surface area contributed by atoms with Crippen molar-refractivity contribution in [3.05, 3.63) is 53.5 Å². The summed E-state index contributed by atoms with van der Waals surface area (Å²) in [6.45, 7) is 4.20. The SMILES string of the molecule is CCc1cccc(CC)c1NC(=O)NCC(O)c1ccco1. The predicted octanol–water partition coefficient (Wildman–Crippen LogP) is 3.26. The number of amides is 2. The highest BCUT2D eigenvalue weighted by molar-refractivity contribution is 5.91. The van der Waals surface area contributed by atoms with Gasteiger partial charge in [-0.3, -0.25) is 0 Å². The van der Waals surface area contributed by atoms with E-state index in [1.165, 1.54) is 6.26 Å². The normalized spacial score (nSPS) is 12.0. The second-order valence-electron chi connectivity index (χ2n) is 5.02. The molecule has 0 aliphatic rings. The minimum Gasteiger partial charge on any atom is -0.467 e. The molecule has 0 fully saturated rings. The van der Waals surface area contributed by atoms with Crippen molar-refractivity contribution in [2.75, 3.05) is 11.9 Å². The average Bonchev–Trinajstić information content (AvgIpc) is 3.07. The molecule has 118 valence electrons. The molecule has 0 radical (unpaired) electrons. The molecule has 2 rings (SSSR count). The maximum absolute atomic E-state index is 12.1. The van der Waals surface area contributed by atoms with E-state index in [9.17, 15) is 9.90 Å². The van der Waals surface area contributed by atoms with E-state index in [-0.39, 0.29) is 12.6 Å². The molecular formula is C17H22N2O3. The third-order valence-electron chi connectivity index (χ3n) is 3.56. The van der Waals surface area contributed by atoms with Crippen LogP contribution < -0.4 is 10.6 Å². The fourth-order valence-electron chi connectivity index (χ4n) is 2.33. The lowest BCUT2D eigenvalue weighted by Crippen LogP contribution is -2.32. The topological polar surface area (TPSA) is 74.5 Å². The zero-order chi connectivity index (χ0) is 15.9. The molecular weight excluding hydrogens is 280 g/mol. The summed E-state index contributed by atoms with van der Waals surface area (Å²) in [7, 11) is 0. The fourth-order valence-corrected chi connectivity index (χ4v) is 2.33. The van der Waals surface area contributed by atoms with Gasteiger partial charge in [-0.25, -0.2) is 4.79 Å². The van der Waals surface area contributed by atoms with Gasteiger partial charge in [0, 0.05) is 5.69 Å². The number of carbonyl (C=O) groups is 1. The van der Waals surface area contributed by atoms with Crippen LogP contribution in [0.3, 0.4) is 0 Å². The van der Waals surface area contributed by atoms with Crippen LogP contribution >= 0.6 is 0 Å². The van der Waals surface area contributed by atoms with Crippen LogP contribution in [0.4, 0.5) is 10.5 Å². The summed E-state index contributed by atoms with van der Waals surface area (Å²) >= 11 is 0. The maximum Gasteiger partial charge on any atom is 0.319 e. The largest absolute Gasteiger partial charge is 0.467 e. The van der Waals surface area contributed by atoms with E-state index in [0.29, 0.717) is 5.76 Å². The minimum absolute atomic E-state index is 0.0924. The van der Waals surface area contributed by atoms with E-state index in [1.54, 1.807) is 12.1 Å². The Morgan fingerprint density at radius 2 is 1.86 bits per heavy atom. The molecule has 0 aliphatic carbocycles. The third-order valence-corrected chi connectivity index (χ3v) is 3.56. The predicted molar refractivity (Wildman–Crippen MR) is 85.9 cm³/mol. The molecule has 2 amide bonds. The van der Waals surface area contributed by atoms with Crippen molar-refractivity contribution >= 4 is 11.7 Å². The van der Waals surface area contributed by atoms with Crippen LogP contribution in [0.25, 0.3) is 0 Å². The van der Waals surface area contributed by atoms with Gasteiger partial charge in [0.05, 0.1) is 12.8 Å². The number of hydrogen-bond donors (Lipinski definition) is 3. The molecule has 0 spiro atoms. The zero-order valence-corrected chi connectivity index (χ0v) is 12.9. The highest BCUT2D eigenvalue weighted by atomic mass is 16.4. The molecule has 1 heterocycles. The molecule has 1 atom stereocenters. The molecule has 1 aromatic heterocycles. The molecule has 2 aromatic rings. The molecule has 1 aromatic carbocycles. The van der Waals surface area contributed by atoms with Crippen LogP contribution in [0.2, 0.25) is 0 Å². The van der Waals surface area contributed by atoms with Crippen molar-refractivity contribution in [3.8, 4) is 0 Å². The van der Waals surface area contributed by atoms with E-state index < -0.39 is 6.10 Å². The first kappa shape index (κ1) is 16.1. The molecule has 5 heteroatoms. The van der Waals surface area contributed by atoms with Crippen LogP contribution in [-0.2, 0) is 12.8 Å². The summed E-state index contributed by atoms with van der Waals surface area (Å²) in [4.78, 5) is 12.1. The monoisotopic (exact) mass is 302 g/mol. The summed E-state index contributed by atoms with van der Waals surface area (Å²) in [5.41, 5.74) is 3.06. The van der Waals surface area contributed by atoms with E-state index in [1.807, 2.05) is 18.2 Å². The molecule has 0 aliphatic heterocycles. The Morgan fingerprint density at radius 1 is 1.18 bits per heavy atom. The Labute approximate surface area is 130 Å². The number of rotatable bonds is 6. The van der Waals surface area contributed by atoms with Gasteiger partial charge < -0.3 is 20.2 Å². The number of aliphatic hydroxyl groups is 1. The van der Waals surface area contributed by atoms with Crippen molar-refractivity contribution in [1.29, 1.82) is 0 Å². The van der Waals surface area contributed by atoms with Crippen molar-refractivity contribution < 1.29 is 14.3 Å². The highest BCUT2D eigenvalue weighted by Gasteiger charge is 2.13. The lowest BCUT2D eigenvalue weighted by molar-refractivity contribution is 0.149. The van der Waals surface area contributed by atoms with Gasteiger partial charge in [-0.1, -0.05) is 32.0 Å². The van der Waals surface area contributed by atoms with E-state index in [2.05, 4.69) is 24.5 Å². The van der Waals surface area contributed by atoms with Gasteiger partial charge >= 0.3 is 6.03 Å². The molecule has 22 heavy (non-hydrogen) atoms. The van der Waals surface area contributed by atoms with Gasteiger partial charge in [0.25, 0.3) is 0 Å². The van der Waals surface area contributed by atoms with Gasteiger partial charge in [0.2, 0.25) is 0 Å². The number of para-hydroxylation sites is 1. The number of nitrogens with one attached hydrogen (secondary N) is 2. The van der Waals surface area contributed by atoms with Crippen LogP contribution in [0.15, 0.2) is 41.0 Å². The fraction of sp³-hybridized carbons (Fsp3) is 0.353.